The quantitative estimate of drug-likeness (QED) is 0.235. The zero-order valence-electron chi connectivity index (χ0n) is 22.2. The molecule has 0 saturated carbocycles. The van der Waals surface area contributed by atoms with Crippen molar-refractivity contribution >= 4 is 0 Å². The molecule has 5 nitrogen and oxygen atoms in total. The molecule has 5 rings (SSSR count). The number of ether oxygens (including phenoxy) is 4. The SMILES string of the molecule is c1ccc(COC[C@H]2NC[C@@H](OCc3ccccc3)[C@H](OCc3ccccc3)[C@@H]2OCc2ccccc2)cc1. The molecule has 1 N–H and O–H groups in total. The van der Waals surface area contributed by atoms with Crippen LogP contribution in [0, 0.1) is 0 Å². The third kappa shape index (κ3) is 8.33. The van der Waals surface area contributed by atoms with E-state index in [1.54, 1.807) is 0 Å². The zero-order chi connectivity index (χ0) is 26.5. The standard InChI is InChI=1S/C34H37NO4/c1-5-13-27(14-6-1)22-36-26-31-33(38-24-29-17-9-3-10-18-29)34(39-25-30-19-11-4-12-20-30)32(21-35-31)37-23-28-15-7-2-8-16-28/h1-20,31-35H,21-26H2/t31-,32-,33-,34+/m1/s1. The van der Waals surface area contributed by atoms with E-state index in [1.807, 2.05) is 72.8 Å². The van der Waals surface area contributed by atoms with E-state index in [-0.39, 0.29) is 24.4 Å². The van der Waals surface area contributed by atoms with Gasteiger partial charge in [-0.05, 0) is 22.3 Å². The molecule has 5 heteroatoms. The summed E-state index contributed by atoms with van der Waals surface area (Å²) in [6.07, 6.45) is -0.719. The summed E-state index contributed by atoms with van der Waals surface area (Å²) in [4.78, 5) is 0. The van der Waals surface area contributed by atoms with Crippen molar-refractivity contribution in [1.82, 2.24) is 5.32 Å². The molecule has 1 aliphatic rings. The minimum absolute atomic E-state index is 0.0465. The van der Waals surface area contributed by atoms with Gasteiger partial charge in [0.05, 0.1) is 45.2 Å². The van der Waals surface area contributed by atoms with Crippen molar-refractivity contribution in [2.24, 2.45) is 0 Å². The van der Waals surface area contributed by atoms with Gasteiger partial charge in [-0.1, -0.05) is 121 Å². The van der Waals surface area contributed by atoms with Crippen molar-refractivity contribution in [2.75, 3.05) is 13.2 Å². The van der Waals surface area contributed by atoms with Crippen molar-refractivity contribution in [3.05, 3.63) is 144 Å². The van der Waals surface area contributed by atoms with Gasteiger partial charge >= 0.3 is 0 Å². The summed E-state index contributed by atoms with van der Waals surface area (Å²) in [5.74, 6) is 0. The fourth-order valence-electron chi connectivity index (χ4n) is 4.85. The van der Waals surface area contributed by atoms with Gasteiger partial charge in [-0.2, -0.15) is 0 Å². The number of hydrogen-bond acceptors (Lipinski definition) is 5. The lowest BCUT2D eigenvalue weighted by molar-refractivity contribution is -0.181. The minimum Gasteiger partial charge on any atom is -0.375 e. The Bertz CT molecular complexity index is 1210. The van der Waals surface area contributed by atoms with Gasteiger partial charge in [0.2, 0.25) is 0 Å². The highest BCUT2D eigenvalue weighted by Gasteiger charge is 2.42. The molecular formula is C34H37NO4. The Labute approximate surface area is 231 Å². The van der Waals surface area contributed by atoms with E-state index in [2.05, 4.69) is 53.8 Å². The van der Waals surface area contributed by atoms with Gasteiger partial charge in [0.25, 0.3) is 0 Å². The summed E-state index contributed by atoms with van der Waals surface area (Å²) in [5, 5.41) is 3.65. The topological polar surface area (TPSA) is 49.0 Å². The maximum Gasteiger partial charge on any atom is 0.113 e. The number of piperidine rings is 1. The van der Waals surface area contributed by atoms with Gasteiger partial charge in [0.15, 0.2) is 0 Å². The fraction of sp³-hybridized carbons (Fsp3) is 0.294. The fourth-order valence-corrected chi connectivity index (χ4v) is 4.85. The first-order chi connectivity index (χ1) is 19.3. The minimum atomic E-state index is -0.274. The average Bonchev–Trinajstić information content (AvgIpc) is 3.00. The maximum atomic E-state index is 6.62. The van der Waals surface area contributed by atoms with Crippen molar-refractivity contribution < 1.29 is 18.9 Å². The molecule has 4 atom stereocenters. The predicted octanol–water partition coefficient (Wildman–Crippen LogP) is 5.93. The summed E-state index contributed by atoms with van der Waals surface area (Å²) in [6, 6.07) is 41.0. The molecule has 202 valence electrons. The third-order valence-electron chi connectivity index (χ3n) is 6.95. The molecule has 1 fully saturated rings. The summed E-state index contributed by atoms with van der Waals surface area (Å²) in [7, 11) is 0. The highest BCUT2D eigenvalue weighted by molar-refractivity contribution is 5.16. The molecule has 0 aliphatic carbocycles. The highest BCUT2D eigenvalue weighted by atomic mass is 16.6. The number of rotatable bonds is 13. The van der Waals surface area contributed by atoms with Crippen molar-refractivity contribution in [1.29, 1.82) is 0 Å². The van der Waals surface area contributed by atoms with E-state index < -0.39 is 0 Å². The van der Waals surface area contributed by atoms with Gasteiger partial charge < -0.3 is 24.3 Å². The van der Waals surface area contributed by atoms with Crippen LogP contribution in [0.5, 0.6) is 0 Å². The molecular weight excluding hydrogens is 486 g/mol. The first kappa shape index (κ1) is 27.3. The summed E-state index contributed by atoms with van der Waals surface area (Å²) >= 11 is 0. The lowest BCUT2D eigenvalue weighted by Crippen LogP contribution is -2.63. The first-order valence-corrected chi connectivity index (χ1v) is 13.7. The van der Waals surface area contributed by atoms with E-state index in [1.165, 1.54) is 0 Å². The lowest BCUT2D eigenvalue weighted by Gasteiger charge is -2.43. The van der Waals surface area contributed by atoms with E-state index >= 15 is 0 Å². The van der Waals surface area contributed by atoms with Crippen molar-refractivity contribution in [2.45, 2.75) is 50.8 Å². The molecule has 0 aromatic heterocycles. The van der Waals surface area contributed by atoms with Gasteiger partial charge in [-0.3, -0.25) is 0 Å². The Hall–Kier alpha value is -3.32. The van der Waals surface area contributed by atoms with Gasteiger partial charge in [0.1, 0.15) is 12.2 Å². The monoisotopic (exact) mass is 523 g/mol. The highest BCUT2D eigenvalue weighted by Crippen LogP contribution is 2.24. The molecule has 0 unspecified atom stereocenters. The Morgan fingerprint density at radius 2 is 0.897 bits per heavy atom. The average molecular weight is 524 g/mol. The predicted molar refractivity (Wildman–Crippen MR) is 153 cm³/mol. The summed E-state index contributed by atoms with van der Waals surface area (Å²) < 4.78 is 25.9. The van der Waals surface area contributed by atoms with Gasteiger partial charge in [0, 0.05) is 6.54 Å². The Kier molecular flexibility index (Phi) is 10.3. The number of hydrogen-bond donors (Lipinski definition) is 1. The molecule has 0 spiro atoms. The summed E-state index contributed by atoms with van der Waals surface area (Å²) in [5.41, 5.74) is 4.53. The zero-order valence-corrected chi connectivity index (χ0v) is 22.2. The summed E-state index contributed by atoms with van der Waals surface area (Å²) in [6.45, 7) is 3.19. The molecule has 0 bridgehead atoms. The van der Waals surface area contributed by atoms with Crippen LogP contribution < -0.4 is 5.32 Å². The van der Waals surface area contributed by atoms with Gasteiger partial charge in [-0.15, -0.1) is 0 Å². The van der Waals surface area contributed by atoms with Crippen LogP contribution >= 0.6 is 0 Å². The van der Waals surface area contributed by atoms with Crippen LogP contribution in [-0.2, 0) is 45.4 Å². The lowest BCUT2D eigenvalue weighted by atomic mass is 9.95. The van der Waals surface area contributed by atoms with E-state index in [0.29, 0.717) is 39.6 Å². The van der Waals surface area contributed by atoms with Crippen molar-refractivity contribution in [3.8, 4) is 0 Å². The van der Waals surface area contributed by atoms with Crippen LogP contribution in [0.2, 0.25) is 0 Å². The van der Waals surface area contributed by atoms with Crippen LogP contribution in [0.4, 0.5) is 0 Å². The molecule has 1 aliphatic heterocycles. The smallest absolute Gasteiger partial charge is 0.113 e. The maximum absolute atomic E-state index is 6.62. The molecule has 39 heavy (non-hydrogen) atoms. The largest absolute Gasteiger partial charge is 0.375 e. The Balaban J connectivity index is 1.32. The first-order valence-electron chi connectivity index (χ1n) is 13.7. The molecule has 0 radical (unpaired) electrons. The molecule has 4 aromatic rings. The van der Waals surface area contributed by atoms with Crippen LogP contribution in [0.3, 0.4) is 0 Å². The number of benzene rings is 4. The number of nitrogens with one attached hydrogen (secondary N) is 1. The molecule has 1 heterocycles. The van der Waals surface area contributed by atoms with Crippen LogP contribution in [0.15, 0.2) is 121 Å². The normalized spacial score (nSPS) is 21.0. The van der Waals surface area contributed by atoms with E-state index in [9.17, 15) is 0 Å². The third-order valence-corrected chi connectivity index (χ3v) is 6.95. The Morgan fingerprint density at radius 3 is 1.38 bits per heavy atom. The second-order valence-corrected chi connectivity index (χ2v) is 9.87. The molecule has 4 aromatic carbocycles. The second kappa shape index (κ2) is 14.7. The van der Waals surface area contributed by atoms with Crippen LogP contribution in [0.1, 0.15) is 22.3 Å². The second-order valence-electron chi connectivity index (χ2n) is 9.87. The molecule has 1 saturated heterocycles. The van der Waals surface area contributed by atoms with Crippen LogP contribution in [-0.4, -0.2) is 37.5 Å². The van der Waals surface area contributed by atoms with E-state index in [4.69, 9.17) is 18.9 Å². The van der Waals surface area contributed by atoms with Crippen molar-refractivity contribution in [3.63, 3.8) is 0 Å². The van der Waals surface area contributed by atoms with E-state index in [0.717, 1.165) is 22.3 Å². The van der Waals surface area contributed by atoms with Gasteiger partial charge in [-0.25, -0.2) is 0 Å². The Morgan fingerprint density at radius 1 is 0.487 bits per heavy atom. The van der Waals surface area contributed by atoms with Crippen LogP contribution in [0.25, 0.3) is 0 Å². The molecule has 0 amide bonds.